The number of hydrogen-bond donors (Lipinski definition) is 2. The Bertz CT molecular complexity index is 312. The number of phenolic OH excluding ortho intramolecular Hbond substituents is 1. The molecule has 0 aromatic heterocycles. The molecule has 2 N–H and O–H groups in total. The first-order valence-corrected chi connectivity index (χ1v) is 5.16. The molecule has 15 heavy (non-hydrogen) atoms. The molecule has 0 aliphatic heterocycles. The highest BCUT2D eigenvalue weighted by Gasteiger charge is 2.04. The summed E-state index contributed by atoms with van der Waals surface area (Å²) in [6.07, 6.45) is 0.192. The fourth-order valence-electron chi connectivity index (χ4n) is 1.36. The summed E-state index contributed by atoms with van der Waals surface area (Å²) in [5.74, 6) is 0.384. The van der Waals surface area contributed by atoms with Gasteiger partial charge in [0.15, 0.2) is 0 Å². The van der Waals surface area contributed by atoms with Gasteiger partial charge in [0, 0.05) is 25.8 Å². The SMILES string of the molecule is COC(C)CNCc1cccc(C)c1O. The van der Waals surface area contributed by atoms with Crippen molar-refractivity contribution in [3.8, 4) is 5.75 Å². The third-order valence-electron chi connectivity index (χ3n) is 2.47. The van der Waals surface area contributed by atoms with Crippen LogP contribution in [-0.4, -0.2) is 24.9 Å². The van der Waals surface area contributed by atoms with Crippen molar-refractivity contribution in [2.24, 2.45) is 0 Å². The average Bonchev–Trinajstić information content (AvgIpc) is 2.24. The fraction of sp³-hybridized carbons (Fsp3) is 0.500. The summed E-state index contributed by atoms with van der Waals surface area (Å²) in [4.78, 5) is 0. The van der Waals surface area contributed by atoms with Gasteiger partial charge in [0.1, 0.15) is 5.75 Å². The first-order valence-electron chi connectivity index (χ1n) is 5.16. The Morgan fingerprint density at radius 1 is 1.47 bits per heavy atom. The molecule has 0 bridgehead atoms. The predicted octanol–water partition coefficient (Wildman–Crippen LogP) is 1.83. The van der Waals surface area contributed by atoms with Crippen LogP contribution in [0.15, 0.2) is 18.2 Å². The summed E-state index contributed by atoms with van der Waals surface area (Å²) >= 11 is 0. The molecule has 0 saturated heterocycles. The molecule has 0 amide bonds. The van der Waals surface area contributed by atoms with E-state index in [1.807, 2.05) is 32.0 Å². The highest BCUT2D eigenvalue weighted by molar-refractivity contribution is 5.39. The molecule has 1 aromatic carbocycles. The number of phenols is 1. The van der Waals surface area contributed by atoms with Crippen LogP contribution >= 0.6 is 0 Å². The van der Waals surface area contributed by atoms with Crippen LogP contribution in [0.3, 0.4) is 0 Å². The van der Waals surface area contributed by atoms with E-state index in [0.29, 0.717) is 12.3 Å². The van der Waals surface area contributed by atoms with E-state index >= 15 is 0 Å². The first-order chi connectivity index (χ1) is 7.15. The third-order valence-corrected chi connectivity index (χ3v) is 2.47. The van der Waals surface area contributed by atoms with E-state index in [-0.39, 0.29) is 6.10 Å². The highest BCUT2D eigenvalue weighted by atomic mass is 16.5. The van der Waals surface area contributed by atoms with Crippen molar-refractivity contribution < 1.29 is 9.84 Å². The van der Waals surface area contributed by atoms with Crippen molar-refractivity contribution in [3.05, 3.63) is 29.3 Å². The van der Waals surface area contributed by atoms with E-state index in [1.165, 1.54) is 0 Å². The van der Waals surface area contributed by atoms with Crippen LogP contribution in [0, 0.1) is 6.92 Å². The van der Waals surface area contributed by atoms with Crippen molar-refractivity contribution in [2.45, 2.75) is 26.5 Å². The molecule has 1 rings (SSSR count). The molecule has 3 heteroatoms. The maximum atomic E-state index is 9.75. The number of aromatic hydroxyl groups is 1. The first kappa shape index (κ1) is 12.0. The van der Waals surface area contributed by atoms with Gasteiger partial charge in [-0.1, -0.05) is 18.2 Å². The lowest BCUT2D eigenvalue weighted by atomic mass is 10.1. The van der Waals surface area contributed by atoms with Crippen molar-refractivity contribution in [2.75, 3.05) is 13.7 Å². The molecule has 84 valence electrons. The number of methoxy groups -OCH3 is 1. The zero-order valence-corrected chi connectivity index (χ0v) is 9.58. The van der Waals surface area contributed by atoms with Crippen molar-refractivity contribution >= 4 is 0 Å². The summed E-state index contributed by atoms with van der Waals surface area (Å²) in [5, 5.41) is 13.0. The second kappa shape index (κ2) is 5.73. The van der Waals surface area contributed by atoms with Crippen LogP contribution in [0.2, 0.25) is 0 Å². The van der Waals surface area contributed by atoms with Gasteiger partial charge < -0.3 is 15.2 Å². The molecule has 3 nitrogen and oxygen atoms in total. The van der Waals surface area contributed by atoms with Crippen LogP contribution in [0.4, 0.5) is 0 Å². The minimum absolute atomic E-state index is 0.192. The lowest BCUT2D eigenvalue weighted by Gasteiger charge is -2.12. The maximum absolute atomic E-state index is 9.75. The Kier molecular flexibility index (Phi) is 4.59. The summed E-state index contributed by atoms with van der Waals surface area (Å²) < 4.78 is 5.12. The van der Waals surface area contributed by atoms with Gasteiger partial charge in [0.2, 0.25) is 0 Å². The normalized spacial score (nSPS) is 12.7. The van der Waals surface area contributed by atoms with Gasteiger partial charge in [0.05, 0.1) is 6.10 Å². The number of nitrogens with one attached hydrogen (secondary N) is 1. The summed E-state index contributed by atoms with van der Waals surface area (Å²) in [5.41, 5.74) is 1.84. The number of para-hydroxylation sites is 1. The molecule has 1 aromatic rings. The Balaban J connectivity index is 2.47. The lowest BCUT2D eigenvalue weighted by molar-refractivity contribution is 0.117. The molecular weight excluding hydrogens is 190 g/mol. The summed E-state index contributed by atoms with van der Waals surface area (Å²) in [7, 11) is 1.69. The Labute approximate surface area is 91.1 Å². The molecule has 0 heterocycles. The maximum Gasteiger partial charge on any atom is 0.122 e. The predicted molar refractivity (Wildman–Crippen MR) is 61.0 cm³/mol. The molecule has 0 radical (unpaired) electrons. The van der Waals surface area contributed by atoms with Crippen molar-refractivity contribution in [3.63, 3.8) is 0 Å². The quantitative estimate of drug-likeness (QED) is 0.777. The monoisotopic (exact) mass is 209 g/mol. The zero-order valence-electron chi connectivity index (χ0n) is 9.58. The molecule has 0 aliphatic carbocycles. The second-order valence-corrected chi connectivity index (χ2v) is 3.76. The number of rotatable bonds is 5. The number of hydrogen-bond acceptors (Lipinski definition) is 3. The van der Waals surface area contributed by atoms with Crippen LogP contribution in [0.5, 0.6) is 5.75 Å². The Hall–Kier alpha value is -1.06. The van der Waals surface area contributed by atoms with E-state index in [1.54, 1.807) is 7.11 Å². The van der Waals surface area contributed by atoms with Crippen molar-refractivity contribution in [1.82, 2.24) is 5.32 Å². The van der Waals surface area contributed by atoms with Crippen LogP contribution in [-0.2, 0) is 11.3 Å². The highest BCUT2D eigenvalue weighted by Crippen LogP contribution is 2.20. The molecule has 0 aliphatic rings. The molecular formula is C12H19NO2. The van der Waals surface area contributed by atoms with Crippen LogP contribution < -0.4 is 5.32 Å². The van der Waals surface area contributed by atoms with Gasteiger partial charge in [0.25, 0.3) is 0 Å². The Morgan fingerprint density at radius 3 is 2.87 bits per heavy atom. The minimum atomic E-state index is 0.192. The minimum Gasteiger partial charge on any atom is -0.507 e. The van der Waals surface area contributed by atoms with Gasteiger partial charge in [-0.25, -0.2) is 0 Å². The molecule has 1 atom stereocenters. The van der Waals surface area contributed by atoms with E-state index in [9.17, 15) is 5.11 Å². The number of aryl methyl sites for hydroxylation is 1. The van der Waals surface area contributed by atoms with Gasteiger partial charge in [-0.15, -0.1) is 0 Å². The Morgan fingerprint density at radius 2 is 2.20 bits per heavy atom. The van der Waals surface area contributed by atoms with Gasteiger partial charge in [-0.3, -0.25) is 0 Å². The topological polar surface area (TPSA) is 41.5 Å². The molecule has 0 fully saturated rings. The third kappa shape index (κ3) is 3.53. The van der Waals surface area contributed by atoms with E-state index in [2.05, 4.69) is 5.32 Å². The molecule has 1 unspecified atom stereocenters. The number of ether oxygens (including phenoxy) is 1. The lowest BCUT2D eigenvalue weighted by Crippen LogP contribution is -2.25. The van der Waals surface area contributed by atoms with Crippen LogP contribution in [0.25, 0.3) is 0 Å². The van der Waals surface area contributed by atoms with Crippen molar-refractivity contribution in [1.29, 1.82) is 0 Å². The summed E-state index contributed by atoms with van der Waals surface area (Å²) in [6, 6.07) is 5.77. The average molecular weight is 209 g/mol. The zero-order chi connectivity index (χ0) is 11.3. The molecule has 0 spiro atoms. The van der Waals surface area contributed by atoms with E-state index < -0.39 is 0 Å². The van der Waals surface area contributed by atoms with Gasteiger partial charge in [-0.05, 0) is 19.4 Å². The second-order valence-electron chi connectivity index (χ2n) is 3.76. The van der Waals surface area contributed by atoms with Gasteiger partial charge in [-0.2, -0.15) is 0 Å². The number of benzene rings is 1. The molecule has 0 saturated carbocycles. The van der Waals surface area contributed by atoms with Gasteiger partial charge >= 0.3 is 0 Å². The van der Waals surface area contributed by atoms with E-state index in [4.69, 9.17) is 4.74 Å². The van der Waals surface area contributed by atoms with E-state index in [0.717, 1.165) is 17.7 Å². The standard InChI is InChI=1S/C12H19NO2/c1-9-5-4-6-11(12(9)14)8-13-7-10(2)15-3/h4-6,10,13-14H,7-8H2,1-3H3. The summed E-state index contributed by atoms with van der Waals surface area (Å²) in [6.45, 7) is 5.35. The fourth-order valence-corrected chi connectivity index (χ4v) is 1.36. The van der Waals surface area contributed by atoms with Crippen LogP contribution in [0.1, 0.15) is 18.1 Å². The largest absolute Gasteiger partial charge is 0.507 e. The smallest absolute Gasteiger partial charge is 0.122 e.